The van der Waals surface area contributed by atoms with E-state index in [1.54, 1.807) is 0 Å². The molecule has 0 amide bonds. The summed E-state index contributed by atoms with van der Waals surface area (Å²) in [5.41, 5.74) is 16.2. The fourth-order valence-corrected chi connectivity index (χ4v) is 12.3. The highest BCUT2D eigenvalue weighted by molar-refractivity contribution is 7.26. The van der Waals surface area contributed by atoms with Gasteiger partial charge in [0.25, 0.3) is 0 Å². The lowest BCUT2D eigenvalue weighted by Gasteiger charge is -2.14. The van der Waals surface area contributed by atoms with Crippen LogP contribution in [-0.4, -0.2) is 14.0 Å². The third-order valence-electron chi connectivity index (χ3n) is 14.5. The Kier molecular flexibility index (Phi) is 8.23. The van der Waals surface area contributed by atoms with Gasteiger partial charge in [0.2, 0.25) is 0 Å². The molecule has 0 bridgehead atoms. The standard InChI is InChI=1S/C65H39N3S/c1-2-14-49(15-3-1)67-59-20-10-8-18-54(59)55-31-30-46(37-61(55)67)40-22-24-41(25-23-40)50-32-33-51(53-17-7-6-16-52(50)53)42-26-28-43(29-27-42)60-39-57-56-19-9-11-21-63(56)69-64(57)65-66-58-36-47-34-44-12-4-5-13-45(44)35-48(47)38-62(58)68(60)65/h1-39H. The van der Waals surface area contributed by atoms with Crippen molar-refractivity contribution in [3.8, 4) is 50.3 Å². The summed E-state index contributed by atoms with van der Waals surface area (Å²) in [6.07, 6.45) is 0. The lowest BCUT2D eigenvalue weighted by molar-refractivity contribution is 1.18. The number of hydrogen-bond donors (Lipinski definition) is 0. The Bertz CT molecular complexity index is 4570. The molecule has 4 heterocycles. The SMILES string of the molecule is c1ccc(-n2c3ccccc3c3ccc(-c4ccc(-c5ccc(-c6ccc(-c7cc8c9ccccc9sc8c8nc9cc%10cc%11ccccc%11cc%10cc9n78)cc6)c6ccccc56)cc4)cc32)cc1. The molecule has 0 aliphatic heterocycles. The second kappa shape index (κ2) is 14.8. The lowest BCUT2D eigenvalue weighted by Crippen LogP contribution is -1.93. The Morgan fingerprint density at radius 3 is 1.62 bits per heavy atom. The average molecular weight is 894 g/mol. The molecular formula is C65H39N3S. The van der Waals surface area contributed by atoms with Crippen molar-refractivity contribution in [1.29, 1.82) is 0 Å². The number of pyridine rings is 1. The van der Waals surface area contributed by atoms with Crippen LogP contribution in [-0.2, 0) is 0 Å². The fraction of sp³-hybridized carbons (Fsp3) is 0. The summed E-state index contributed by atoms with van der Waals surface area (Å²) >= 11 is 1.83. The highest BCUT2D eigenvalue weighted by atomic mass is 32.1. The Morgan fingerprint density at radius 1 is 0.333 bits per heavy atom. The largest absolute Gasteiger partial charge is 0.309 e. The van der Waals surface area contributed by atoms with Gasteiger partial charge >= 0.3 is 0 Å². The molecule has 0 N–H and O–H groups in total. The molecule has 11 aromatic carbocycles. The Hall–Kier alpha value is -8.83. The number of rotatable bonds is 5. The van der Waals surface area contributed by atoms with Crippen LogP contribution in [0, 0.1) is 0 Å². The fourth-order valence-electron chi connectivity index (χ4n) is 11.2. The van der Waals surface area contributed by atoms with Crippen LogP contribution < -0.4 is 0 Å². The summed E-state index contributed by atoms with van der Waals surface area (Å²) in [5, 5.41) is 12.4. The first-order chi connectivity index (χ1) is 34.2. The second-order valence-electron chi connectivity index (χ2n) is 18.3. The Labute approximate surface area is 401 Å². The predicted molar refractivity (Wildman–Crippen MR) is 294 cm³/mol. The van der Waals surface area contributed by atoms with Crippen LogP contribution in [0.1, 0.15) is 0 Å². The van der Waals surface area contributed by atoms with E-state index in [1.165, 1.54) is 113 Å². The van der Waals surface area contributed by atoms with E-state index in [4.69, 9.17) is 4.98 Å². The van der Waals surface area contributed by atoms with Crippen LogP contribution in [0.15, 0.2) is 237 Å². The van der Waals surface area contributed by atoms with E-state index in [9.17, 15) is 0 Å². The third-order valence-corrected chi connectivity index (χ3v) is 15.7. The van der Waals surface area contributed by atoms with E-state index in [0.717, 1.165) is 27.9 Å². The maximum Gasteiger partial charge on any atom is 0.156 e. The summed E-state index contributed by atoms with van der Waals surface area (Å²) in [4.78, 5) is 5.41. The van der Waals surface area contributed by atoms with Crippen LogP contribution >= 0.6 is 11.3 Å². The molecule has 0 unspecified atom stereocenters. The highest BCUT2D eigenvalue weighted by Gasteiger charge is 2.20. The topological polar surface area (TPSA) is 22.2 Å². The first-order valence-electron chi connectivity index (χ1n) is 23.6. The Balaban J connectivity index is 0.816. The molecule has 0 saturated heterocycles. The zero-order valence-corrected chi connectivity index (χ0v) is 38.1. The summed E-state index contributed by atoms with van der Waals surface area (Å²) < 4.78 is 7.28. The van der Waals surface area contributed by atoms with E-state index in [1.807, 2.05) is 11.3 Å². The summed E-state index contributed by atoms with van der Waals surface area (Å²) in [6, 6.07) is 87.0. The minimum atomic E-state index is 1.00. The number of nitrogens with zero attached hydrogens (tertiary/aromatic N) is 3. The van der Waals surface area contributed by atoms with Gasteiger partial charge < -0.3 is 4.57 Å². The molecule has 0 fully saturated rings. The van der Waals surface area contributed by atoms with Crippen molar-refractivity contribution >= 4 is 102 Å². The van der Waals surface area contributed by atoms with Gasteiger partial charge in [0, 0.05) is 31.9 Å². The van der Waals surface area contributed by atoms with E-state index in [2.05, 4.69) is 246 Å². The summed E-state index contributed by atoms with van der Waals surface area (Å²) in [5.74, 6) is 0. The monoisotopic (exact) mass is 893 g/mol. The van der Waals surface area contributed by atoms with Gasteiger partial charge in [-0.2, -0.15) is 0 Å². The zero-order chi connectivity index (χ0) is 45.2. The van der Waals surface area contributed by atoms with Gasteiger partial charge in [0.1, 0.15) is 0 Å². The van der Waals surface area contributed by atoms with E-state index in [0.29, 0.717) is 0 Å². The van der Waals surface area contributed by atoms with Crippen LogP contribution in [0.25, 0.3) is 141 Å². The molecule has 3 nitrogen and oxygen atoms in total. The van der Waals surface area contributed by atoms with Crippen molar-refractivity contribution in [3.63, 3.8) is 0 Å². The van der Waals surface area contributed by atoms with Crippen molar-refractivity contribution in [2.24, 2.45) is 0 Å². The van der Waals surface area contributed by atoms with Gasteiger partial charge in [-0.05, 0) is 132 Å². The third kappa shape index (κ3) is 5.89. The molecule has 4 aromatic heterocycles. The average Bonchev–Trinajstić information content (AvgIpc) is 4.09. The molecule has 0 spiro atoms. The van der Waals surface area contributed by atoms with Gasteiger partial charge in [-0.15, -0.1) is 11.3 Å². The first kappa shape index (κ1) is 38.3. The summed E-state index contributed by atoms with van der Waals surface area (Å²) in [6.45, 7) is 0. The number of imidazole rings is 1. The molecule has 15 aromatic rings. The minimum Gasteiger partial charge on any atom is -0.309 e. The number of benzene rings is 11. The predicted octanol–water partition coefficient (Wildman–Crippen LogP) is 18.1. The van der Waals surface area contributed by atoms with Gasteiger partial charge in [-0.3, -0.25) is 4.40 Å². The molecule has 0 atom stereocenters. The molecule has 4 heteroatoms. The van der Waals surface area contributed by atoms with E-state index in [-0.39, 0.29) is 0 Å². The molecule has 15 rings (SSSR count). The molecule has 320 valence electrons. The normalized spacial score (nSPS) is 12.1. The maximum atomic E-state index is 5.41. The first-order valence-corrected chi connectivity index (χ1v) is 24.4. The van der Waals surface area contributed by atoms with Crippen molar-refractivity contribution < 1.29 is 0 Å². The number of thiophene rings is 1. The summed E-state index contributed by atoms with van der Waals surface area (Å²) in [7, 11) is 0. The molecule has 0 aliphatic carbocycles. The van der Waals surface area contributed by atoms with Crippen LogP contribution in [0.3, 0.4) is 0 Å². The van der Waals surface area contributed by atoms with E-state index >= 15 is 0 Å². The van der Waals surface area contributed by atoms with Crippen LogP contribution in [0.5, 0.6) is 0 Å². The van der Waals surface area contributed by atoms with Gasteiger partial charge in [-0.1, -0.05) is 176 Å². The van der Waals surface area contributed by atoms with Gasteiger partial charge in [0.15, 0.2) is 5.65 Å². The molecule has 0 radical (unpaired) electrons. The number of aromatic nitrogens is 3. The van der Waals surface area contributed by atoms with Crippen molar-refractivity contribution in [2.75, 3.05) is 0 Å². The molecule has 0 saturated carbocycles. The Morgan fingerprint density at radius 2 is 0.899 bits per heavy atom. The molecular weight excluding hydrogens is 855 g/mol. The van der Waals surface area contributed by atoms with Crippen LogP contribution in [0.2, 0.25) is 0 Å². The van der Waals surface area contributed by atoms with E-state index < -0.39 is 0 Å². The van der Waals surface area contributed by atoms with Crippen molar-refractivity contribution in [2.45, 2.75) is 0 Å². The van der Waals surface area contributed by atoms with Crippen molar-refractivity contribution in [1.82, 2.24) is 14.0 Å². The maximum absolute atomic E-state index is 5.41. The quantitative estimate of drug-likeness (QED) is 0.158. The number of hydrogen-bond acceptors (Lipinski definition) is 2. The molecule has 69 heavy (non-hydrogen) atoms. The van der Waals surface area contributed by atoms with Crippen molar-refractivity contribution in [3.05, 3.63) is 237 Å². The molecule has 0 aliphatic rings. The number of para-hydroxylation sites is 2. The minimum absolute atomic E-state index is 1.00. The smallest absolute Gasteiger partial charge is 0.156 e. The lowest BCUT2D eigenvalue weighted by atomic mass is 9.91. The second-order valence-corrected chi connectivity index (χ2v) is 19.4. The highest BCUT2D eigenvalue weighted by Crippen LogP contribution is 2.43. The van der Waals surface area contributed by atoms with Crippen LogP contribution in [0.4, 0.5) is 0 Å². The van der Waals surface area contributed by atoms with Gasteiger partial charge in [-0.25, -0.2) is 4.98 Å². The number of fused-ring (bicyclic) bond motifs is 13. The van der Waals surface area contributed by atoms with Gasteiger partial charge in [0.05, 0.1) is 32.5 Å². The zero-order valence-electron chi connectivity index (χ0n) is 37.3.